The van der Waals surface area contributed by atoms with Crippen molar-refractivity contribution in [1.29, 1.82) is 0 Å². The lowest BCUT2D eigenvalue weighted by molar-refractivity contribution is -0.124. The van der Waals surface area contributed by atoms with Crippen molar-refractivity contribution in [2.45, 2.75) is 25.4 Å². The molecule has 1 aromatic heterocycles. The van der Waals surface area contributed by atoms with E-state index < -0.39 is 6.04 Å². The number of urea groups is 1. The highest BCUT2D eigenvalue weighted by atomic mass is 79.9. The molecule has 6 nitrogen and oxygen atoms in total. The summed E-state index contributed by atoms with van der Waals surface area (Å²) in [5, 5.41) is 5.66. The highest BCUT2D eigenvalue weighted by molar-refractivity contribution is 9.10. The number of hydrogen-bond acceptors (Lipinski definition) is 3. The second-order valence-electron chi connectivity index (χ2n) is 5.59. The number of anilines is 1. The van der Waals surface area contributed by atoms with Gasteiger partial charge in [0.15, 0.2) is 0 Å². The van der Waals surface area contributed by atoms with Crippen LogP contribution < -0.4 is 10.6 Å². The summed E-state index contributed by atoms with van der Waals surface area (Å²) in [6.07, 6.45) is 3.04. The molecule has 0 radical (unpaired) electrons. The zero-order chi connectivity index (χ0) is 16.9. The highest BCUT2D eigenvalue weighted by Crippen LogP contribution is 2.20. The summed E-state index contributed by atoms with van der Waals surface area (Å²) < 4.78 is 6.14. The molecule has 1 saturated heterocycles. The molecule has 24 heavy (non-hydrogen) atoms. The zero-order valence-electron chi connectivity index (χ0n) is 13.0. The van der Waals surface area contributed by atoms with Crippen LogP contribution >= 0.6 is 15.9 Å². The molecule has 7 heteroatoms. The summed E-state index contributed by atoms with van der Waals surface area (Å²) in [5.74, 6) is 0.530. The molecule has 0 spiro atoms. The summed E-state index contributed by atoms with van der Waals surface area (Å²) in [4.78, 5) is 26.4. The minimum Gasteiger partial charge on any atom is -0.467 e. The summed E-state index contributed by atoms with van der Waals surface area (Å²) in [6.45, 7) is 0.895. The molecule has 3 amide bonds. The molecule has 2 heterocycles. The second kappa shape index (κ2) is 7.53. The van der Waals surface area contributed by atoms with E-state index in [2.05, 4.69) is 26.6 Å². The maximum absolute atomic E-state index is 12.5. The first-order valence-electron chi connectivity index (χ1n) is 7.77. The third-order valence-electron chi connectivity index (χ3n) is 3.93. The maximum Gasteiger partial charge on any atom is 0.322 e. The molecule has 0 aliphatic carbocycles. The maximum atomic E-state index is 12.5. The van der Waals surface area contributed by atoms with Gasteiger partial charge in [-0.2, -0.15) is 0 Å². The van der Waals surface area contributed by atoms with Gasteiger partial charge in [-0.05, 0) is 49.2 Å². The molecule has 1 aliphatic heterocycles. The van der Waals surface area contributed by atoms with Gasteiger partial charge in [0.05, 0.1) is 12.8 Å². The summed E-state index contributed by atoms with van der Waals surface area (Å²) in [6, 6.07) is 10.2. The molecule has 1 aliphatic rings. The Balaban J connectivity index is 1.58. The van der Waals surface area contributed by atoms with Gasteiger partial charge < -0.3 is 20.0 Å². The van der Waals surface area contributed by atoms with E-state index in [4.69, 9.17) is 4.42 Å². The van der Waals surface area contributed by atoms with Crippen molar-refractivity contribution >= 4 is 33.6 Å². The van der Waals surface area contributed by atoms with Crippen LogP contribution in [0, 0.1) is 0 Å². The van der Waals surface area contributed by atoms with Gasteiger partial charge in [-0.3, -0.25) is 4.79 Å². The first-order valence-corrected chi connectivity index (χ1v) is 8.56. The fourth-order valence-electron chi connectivity index (χ4n) is 2.72. The smallest absolute Gasteiger partial charge is 0.322 e. The number of hydrogen-bond donors (Lipinski definition) is 2. The number of carbonyl (C=O) groups excluding carboxylic acids is 2. The lowest BCUT2D eigenvalue weighted by Crippen LogP contribution is -2.47. The molecule has 1 atom stereocenters. The van der Waals surface area contributed by atoms with Crippen molar-refractivity contribution in [3.8, 4) is 0 Å². The Morgan fingerprint density at radius 1 is 1.25 bits per heavy atom. The summed E-state index contributed by atoms with van der Waals surface area (Å²) >= 11 is 3.36. The molecular weight excluding hydrogens is 374 g/mol. The van der Waals surface area contributed by atoms with Crippen molar-refractivity contribution in [3.05, 3.63) is 52.9 Å². The monoisotopic (exact) mass is 391 g/mol. The number of amides is 3. The largest absolute Gasteiger partial charge is 0.467 e. The number of benzene rings is 1. The summed E-state index contributed by atoms with van der Waals surface area (Å²) in [7, 11) is 0. The molecule has 0 saturated carbocycles. The van der Waals surface area contributed by atoms with Gasteiger partial charge in [-0.25, -0.2) is 4.79 Å². The molecule has 1 aromatic carbocycles. The number of halogens is 1. The first-order chi connectivity index (χ1) is 11.6. The predicted octanol–water partition coefficient (Wildman–Crippen LogP) is 3.35. The van der Waals surface area contributed by atoms with Gasteiger partial charge in [0.1, 0.15) is 11.8 Å². The number of nitrogens with one attached hydrogen (secondary N) is 2. The lowest BCUT2D eigenvalue weighted by atomic mass is 10.2. The van der Waals surface area contributed by atoms with E-state index in [1.807, 2.05) is 24.3 Å². The van der Waals surface area contributed by atoms with E-state index in [9.17, 15) is 9.59 Å². The molecule has 3 rings (SSSR count). The first kappa shape index (κ1) is 16.6. The number of nitrogens with zero attached hydrogens (tertiary/aromatic N) is 1. The average Bonchev–Trinajstić information content (AvgIpc) is 3.26. The Labute approximate surface area is 148 Å². The van der Waals surface area contributed by atoms with Crippen molar-refractivity contribution in [3.63, 3.8) is 0 Å². The fourth-order valence-corrected chi connectivity index (χ4v) is 2.98. The Morgan fingerprint density at radius 2 is 2.04 bits per heavy atom. The van der Waals surface area contributed by atoms with Gasteiger partial charge in [0.2, 0.25) is 5.91 Å². The molecule has 2 N–H and O–H groups in total. The van der Waals surface area contributed by atoms with Gasteiger partial charge >= 0.3 is 6.03 Å². The van der Waals surface area contributed by atoms with E-state index in [1.54, 1.807) is 23.3 Å². The van der Waals surface area contributed by atoms with E-state index in [0.29, 0.717) is 31.0 Å². The van der Waals surface area contributed by atoms with Crippen LogP contribution in [0.1, 0.15) is 18.6 Å². The lowest BCUT2D eigenvalue weighted by Gasteiger charge is -2.24. The minimum absolute atomic E-state index is 0.158. The third kappa shape index (κ3) is 3.97. The standard InChI is InChI=1S/C17H18BrN3O3/c18-12-5-7-13(8-6-12)20-17(23)21-9-1-4-15(21)16(22)19-11-14-3-2-10-24-14/h2-3,5-8,10,15H,1,4,9,11H2,(H,19,22)(H,20,23)/t15-/m1/s1. The van der Waals surface area contributed by atoms with Crippen LogP contribution in [0.4, 0.5) is 10.5 Å². The molecule has 0 unspecified atom stereocenters. The molecule has 2 aromatic rings. The van der Waals surface area contributed by atoms with Gasteiger partial charge in [0.25, 0.3) is 0 Å². The van der Waals surface area contributed by atoms with Crippen LogP contribution in [-0.4, -0.2) is 29.4 Å². The van der Waals surface area contributed by atoms with Crippen LogP contribution in [0.25, 0.3) is 0 Å². The SMILES string of the molecule is O=C(NCc1ccco1)[C@H]1CCCN1C(=O)Nc1ccc(Br)cc1. The van der Waals surface area contributed by atoms with Gasteiger partial charge in [-0.15, -0.1) is 0 Å². The molecular formula is C17H18BrN3O3. The fraction of sp³-hybridized carbons (Fsp3) is 0.294. The number of likely N-dealkylation sites (tertiary alicyclic amines) is 1. The second-order valence-corrected chi connectivity index (χ2v) is 6.50. The average molecular weight is 392 g/mol. The predicted molar refractivity (Wildman–Crippen MR) is 93.4 cm³/mol. The van der Waals surface area contributed by atoms with Crippen LogP contribution in [0.3, 0.4) is 0 Å². The highest BCUT2D eigenvalue weighted by Gasteiger charge is 2.34. The van der Waals surface area contributed by atoms with E-state index in [-0.39, 0.29) is 11.9 Å². The van der Waals surface area contributed by atoms with E-state index >= 15 is 0 Å². The van der Waals surface area contributed by atoms with Crippen LogP contribution in [0.5, 0.6) is 0 Å². The Morgan fingerprint density at radius 3 is 2.75 bits per heavy atom. The normalized spacial score (nSPS) is 16.9. The molecule has 1 fully saturated rings. The topological polar surface area (TPSA) is 74.6 Å². The Kier molecular flexibility index (Phi) is 5.20. The number of carbonyl (C=O) groups is 2. The number of rotatable bonds is 4. The van der Waals surface area contributed by atoms with Crippen LogP contribution in [0.2, 0.25) is 0 Å². The summed E-state index contributed by atoms with van der Waals surface area (Å²) in [5.41, 5.74) is 0.699. The zero-order valence-corrected chi connectivity index (χ0v) is 14.6. The van der Waals surface area contributed by atoms with Crippen molar-refractivity contribution in [1.82, 2.24) is 10.2 Å². The molecule has 126 valence electrons. The van der Waals surface area contributed by atoms with Gasteiger partial charge in [-0.1, -0.05) is 15.9 Å². The Bertz CT molecular complexity index is 700. The van der Waals surface area contributed by atoms with E-state index in [0.717, 1.165) is 10.9 Å². The van der Waals surface area contributed by atoms with Crippen molar-refractivity contribution < 1.29 is 14.0 Å². The van der Waals surface area contributed by atoms with E-state index in [1.165, 1.54) is 0 Å². The van der Waals surface area contributed by atoms with Crippen molar-refractivity contribution in [2.24, 2.45) is 0 Å². The minimum atomic E-state index is -0.449. The molecule has 0 bridgehead atoms. The van der Waals surface area contributed by atoms with Crippen molar-refractivity contribution in [2.75, 3.05) is 11.9 Å². The van der Waals surface area contributed by atoms with Crippen LogP contribution in [-0.2, 0) is 11.3 Å². The van der Waals surface area contributed by atoms with Gasteiger partial charge in [0, 0.05) is 16.7 Å². The quantitative estimate of drug-likeness (QED) is 0.838. The number of furan rings is 1. The van der Waals surface area contributed by atoms with Crippen LogP contribution in [0.15, 0.2) is 51.6 Å². The Hall–Kier alpha value is -2.28. The third-order valence-corrected chi connectivity index (χ3v) is 4.46.